The van der Waals surface area contributed by atoms with Gasteiger partial charge in [-0.2, -0.15) is 0 Å². The molecule has 0 unspecified atom stereocenters. The molecule has 0 aromatic heterocycles. The normalized spacial score (nSPS) is 24.8. The molecule has 1 aromatic carbocycles. The molecular formula is C15H20N2O2S. The second kappa shape index (κ2) is 6.06. The van der Waals surface area contributed by atoms with Gasteiger partial charge in [0.15, 0.2) is 0 Å². The van der Waals surface area contributed by atoms with Crippen molar-refractivity contribution in [2.24, 2.45) is 11.8 Å². The van der Waals surface area contributed by atoms with E-state index in [0.717, 1.165) is 36.8 Å². The molecule has 0 radical (unpaired) electrons. The number of ether oxygens (including phenoxy) is 1. The monoisotopic (exact) mass is 292 g/mol. The quantitative estimate of drug-likeness (QED) is 0.853. The zero-order valence-corrected chi connectivity index (χ0v) is 12.5. The summed E-state index contributed by atoms with van der Waals surface area (Å²) in [6.45, 7) is 3.99. The fourth-order valence-corrected chi connectivity index (χ4v) is 3.83. The van der Waals surface area contributed by atoms with E-state index < -0.39 is 0 Å². The van der Waals surface area contributed by atoms with Gasteiger partial charge in [-0.05, 0) is 30.0 Å². The van der Waals surface area contributed by atoms with Gasteiger partial charge in [0.05, 0.1) is 12.9 Å². The van der Waals surface area contributed by atoms with E-state index in [9.17, 15) is 4.79 Å². The van der Waals surface area contributed by atoms with Crippen molar-refractivity contribution in [2.45, 2.75) is 4.90 Å². The molecule has 2 aliphatic rings. The molecular weight excluding hydrogens is 272 g/mol. The van der Waals surface area contributed by atoms with Crippen molar-refractivity contribution in [3.05, 3.63) is 24.3 Å². The molecule has 5 heteroatoms. The highest BCUT2D eigenvalue weighted by atomic mass is 32.2. The maximum Gasteiger partial charge on any atom is 0.232 e. The predicted molar refractivity (Wildman–Crippen MR) is 80.1 cm³/mol. The highest BCUT2D eigenvalue weighted by Gasteiger charge is 2.37. The van der Waals surface area contributed by atoms with Crippen LogP contribution < -0.4 is 10.1 Å². The summed E-state index contributed by atoms with van der Waals surface area (Å²) in [6.07, 6.45) is 0. The maximum absolute atomic E-state index is 12.3. The smallest absolute Gasteiger partial charge is 0.232 e. The molecule has 0 bridgehead atoms. The fraction of sp³-hybridized carbons (Fsp3) is 0.533. The second-order valence-corrected chi connectivity index (χ2v) is 6.49. The first-order valence-electron chi connectivity index (χ1n) is 7.01. The SMILES string of the molecule is COc1cccc(SCC(=O)N2C[C@H]3CNC[C@H]3C2)c1. The van der Waals surface area contributed by atoms with Crippen LogP contribution in [0.4, 0.5) is 0 Å². The molecule has 0 saturated carbocycles. The molecule has 1 aromatic rings. The summed E-state index contributed by atoms with van der Waals surface area (Å²) >= 11 is 1.59. The Labute approximate surface area is 123 Å². The van der Waals surface area contributed by atoms with Gasteiger partial charge in [0, 0.05) is 31.1 Å². The zero-order valence-electron chi connectivity index (χ0n) is 11.7. The Balaban J connectivity index is 1.52. The van der Waals surface area contributed by atoms with E-state index in [0.29, 0.717) is 17.6 Å². The van der Waals surface area contributed by atoms with Gasteiger partial charge in [-0.3, -0.25) is 4.79 Å². The Bertz CT molecular complexity index is 483. The lowest BCUT2D eigenvalue weighted by molar-refractivity contribution is -0.127. The number of carbonyl (C=O) groups excluding carboxylic acids is 1. The number of rotatable bonds is 4. The Morgan fingerprint density at radius 1 is 1.40 bits per heavy atom. The number of benzene rings is 1. The number of nitrogens with zero attached hydrogens (tertiary/aromatic N) is 1. The summed E-state index contributed by atoms with van der Waals surface area (Å²) in [6, 6.07) is 7.86. The third-order valence-electron chi connectivity index (χ3n) is 4.15. The van der Waals surface area contributed by atoms with Gasteiger partial charge in [-0.1, -0.05) is 6.07 Å². The molecule has 2 aliphatic heterocycles. The van der Waals surface area contributed by atoms with Gasteiger partial charge in [0.2, 0.25) is 5.91 Å². The van der Waals surface area contributed by atoms with Crippen molar-refractivity contribution in [1.29, 1.82) is 0 Å². The van der Waals surface area contributed by atoms with Crippen LogP contribution in [0.25, 0.3) is 0 Å². The van der Waals surface area contributed by atoms with E-state index in [1.807, 2.05) is 29.2 Å². The maximum atomic E-state index is 12.3. The summed E-state index contributed by atoms with van der Waals surface area (Å²) in [5.41, 5.74) is 0. The average Bonchev–Trinajstić information content (AvgIpc) is 3.06. The molecule has 2 fully saturated rings. The first kappa shape index (κ1) is 13.8. The van der Waals surface area contributed by atoms with Crippen LogP contribution in [0, 0.1) is 11.8 Å². The molecule has 0 spiro atoms. The molecule has 108 valence electrons. The lowest BCUT2D eigenvalue weighted by Crippen LogP contribution is -2.33. The van der Waals surface area contributed by atoms with Crippen molar-refractivity contribution >= 4 is 17.7 Å². The second-order valence-electron chi connectivity index (χ2n) is 5.44. The molecule has 2 atom stereocenters. The van der Waals surface area contributed by atoms with Crippen molar-refractivity contribution < 1.29 is 9.53 Å². The van der Waals surface area contributed by atoms with E-state index in [-0.39, 0.29) is 5.91 Å². The van der Waals surface area contributed by atoms with Crippen LogP contribution in [0.2, 0.25) is 0 Å². The fourth-order valence-electron chi connectivity index (χ4n) is 2.99. The van der Waals surface area contributed by atoms with E-state index in [1.165, 1.54) is 0 Å². The van der Waals surface area contributed by atoms with Crippen molar-refractivity contribution in [3.63, 3.8) is 0 Å². The van der Waals surface area contributed by atoms with E-state index in [2.05, 4.69) is 5.32 Å². The number of fused-ring (bicyclic) bond motifs is 1. The van der Waals surface area contributed by atoms with Crippen LogP contribution in [0.5, 0.6) is 5.75 Å². The molecule has 4 nitrogen and oxygen atoms in total. The van der Waals surface area contributed by atoms with Gasteiger partial charge < -0.3 is 15.0 Å². The summed E-state index contributed by atoms with van der Waals surface area (Å²) < 4.78 is 5.20. The van der Waals surface area contributed by atoms with E-state index >= 15 is 0 Å². The molecule has 3 rings (SSSR count). The number of likely N-dealkylation sites (tertiary alicyclic amines) is 1. The van der Waals surface area contributed by atoms with Crippen LogP contribution in [0.3, 0.4) is 0 Å². The number of amides is 1. The summed E-state index contributed by atoms with van der Waals surface area (Å²) in [4.78, 5) is 15.4. The number of hydrogen-bond acceptors (Lipinski definition) is 4. The average molecular weight is 292 g/mol. The largest absolute Gasteiger partial charge is 0.497 e. The summed E-state index contributed by atoms with van der Waals surface area (Å²) in [5, 5.41) is 3.40. The minimum absolute atomic E-state index is 0.257. The number of carbonyl (C=O) groups is 1. The number of methoxy groups -OCH3 is 1. The van der Waals surface area contributed by atoms with Crippen LogP contribution in [0.1, 0.15) is 0 Å². The lowest BCUT2D eigenvalue weighted by Gasteiger charge is -2.17. The Kier molecular flexibility index (Phi) is 4.17. The first-order valence-corrected chi connectivity index (χ1v) is 8.00. The van der Waals surface area contributed by atoms with Gasteiger partial charge in [0.1, 0.15) is 5.75 Å². The van der Waals surface area contributed by atoms with Crippen LogP contribution in [0.15, 0.2) is 29.2 Å². The van der Waals surface area contributed by atoms with Gasteiger partial charge >= 0.3 is 0 Å². The zero-order chi connectivity index (χ0) is 13.9. The molecule has 20 heavy (non-hydrogen) atoms. The van der Waals surface area contributed by atoms with Crippen LogP contribution in [-0.2, 0) is 4.79 Å². The van der Waals surface area contributed by atoms with Gasteiger partial charge in [0.25, 0.3) is 0 Å². The molecule has 2 saturated heterocycles. The van der Waals surface area contributed by atoms with Gasteiger partial charge in [-0.25, -0.2) is 0 Å². The predicted octanol–water partition coefficient (Wildman–Crippen LogP) is 1.47. The van der Waals surface area contributed by atoms with E-state index in [1.54, 1.807) is 18.9 Å². The van der Waals surface area contributed by atoms with Crippen molar-refractivity contribution in [3.8, 4) is 5.75 Å². The third kappa shape index (κ3) is 2.94. The highest BCUT2D eigenvalue weighted by molar-refractivity contribution is 8.00. The van der Waals surface area contributed by atoms with Crippen LogP contribution in [-0.4, -0.2) is 49.8 Å². The number of hydrogen-bond donors (Lipinski definition) is 1. The molecule has 1 N–H and O–H groups in total. The Morgan fingerprint density at radius 2 is 2.15 bits per heavy atom. The minimum Gasteiger partial charge on any atom is -0.497 e. The summed E-state index contributed by atoms with van der Waals surface area (Å²) in [7, 11) is 1.66. The number of nitrogens with one attached hydrogen (secondary N) is 1. The molecule has 2 heterocycles. The van der Waals surface area contributed by atoms with Crippen molar-refractivity contribution in [2.75, 3.05) is 39.0 Å². The standard InChI is InChI=1S/C15H20N2O2S/c1-19-13-3-2-4-14(5-13)20-10-15(18)17-8-11-6-16-7-12(11)9-17/h2-5,11-12,16H,6-10H2,1H3/t11-,12+. The first-order chi connectivity index (χ1) is 9.76. The van der Waals surface area contributed by atoms with Gasteiger partial charge in [-0.15, -0.1) is 11.8 Å². The minimum atomic E-state index is 0.257. The van der Waals surface area contributed by atoms with Crippen molar-refractivity contribution in [1.82, 2.24) is 10.2 Å². The third-order valence-corrected chi connectivity index (χ3v) is 5.12. The number of thioether (sulfide) groups is 1. The topological polar surface area (TPSA) is 41.6 Å². The molecule has 1 amide bonds. The highest BCUT2D eigenvalue weighted by Crippen LogP contribution is 2.28. The Morgan fingerprint density at radius 3 is 2.85 bits per heavy atom. The summed E-state index contributed by atoms with van der Waals surface area (Å²) in [5.74, 6) is 2.94. The Hall–Kier alpha value is -1.20. The molecule has 0 aliphatic carbocycles. The lowest BCUT2D eigenvalue weighted by atomic mass is 10.0. The van der Waals surface area contributed by atoms with Crippen LogP contribution >= 0.6 is 11.8 Å². The van der Waals surface area contributed by atoms with E-state index in [4.69, 9.17) is 4.74 Å².